The fraction of sp³-hybridized carbons (Fsp3) is 0. The molecule has 2 aromatic heterocycles. The summed E-state index contributed by atoms with van der Waals surface area (Å²) < 4.78 is 11.4. The summed E-state index contributed by atoms with van der Waals surface area (Å²) in [6, 6.07) is 46.1. The summed E-state index contributed by atoms with van der Waals surface area (Å²) in [6.07, 6.45) is 0. The minimum Gasteiger partial charge on any atom is -0.458 e. The van der Waals surface area contributed by atoms with Gasteiger partial charge in [0.05, 0.1) is 16.6 Å². The standard InChI is InChI=1S/C36H21BN2O/c1-2-10-22(11-3-1)38-29-16-6-4-12-23(29)25-20-32-26(21-31(25)38)24-13-8-15-28-36(24)39(32)30-17-9-19-34-35(30)37(28)27-14-5-7-18-33(27)40-34/h1-21H. The van der Waals surface area contributed by atoms with Crippen molar-refractivity contribution in [1.29, 1.82) is 0 Å². The molecule has 0 unspecified atom stereocenters. The lowest BCUT2D eigenvalue weighted by atomic mass is 9.34. The Hall–Kier alpha value is -5.22. The maximum Gasteiger partial charge on any atom is 0.256 e. The number of para-hydroxylation sites is 4. The Morgan fingerprint density at radius 3 is 2.08 bits per heavy atom. The van der Waals surface area contributed by atoms with Crippen LogP contribution in [0.1, 0.15) is 0 Å². The molecule has 0 N–H and O–H groups in total. The van der Waals surface area contributed by atoms with Crippen molar-refractivity contribution in [3.8, 4) is 22.9 Å². The van der Waals surface area contributed by atoms with Gasteiger partial charge in [-0.3, -0.25) is 0 Å². The molecule has 0 bridgehead atoms. The van der Waals surface area contributed by atoms with Crippen LogP contribution >= 0.6 is 0 Å². The topological polar surface area (TPSA) is 19.1 Å². The second-order valence-corrected chi connectivity index (χ2v) is 10.9. The monoisotopic (exact) mass is 508 g/mol. The third kappa shape index (κ3) is 2.43. The first-order valence-electron chi connectivity index (χ1n) is 13.8. The van der Waals surface area contributed by atoms with Gasteiger partial charge < -0.3 is 13.9 Å². The van der Waals surface area contributed by atoms with E-state index in [0.717, 1.165) is 11.5 Å². The van der Waals surface area contributed by atoms with Crippen LogP contribution in [0.5, 0.6) is 11.5 Å². The van der Waals surface area contributed by atoms with Crippen molar-refractivity contribution in [2.24, 2.45) is 0 Å². The summed E-state index contributed by atoms with van der Waals surface area (Å²) >= 11 is 0. The SMILES string of the molecule is c1ccc(-n2c3ccccc3c3cc4c(cc32)c2cccc3c2n4-c2cccc4c2B3c2ccccc2O4)cc1. The van der Waals surface area contributed by atoms with Crippen LogP contribution in [0.15, 0.2) is 127 Å². The number of hydrogen-bond acceptors (Lipinski definition) is 1. The largest absolute Gasteiger partial charge is 0.458 e. The van der Waals surface area contributed by atoms with Crippen molar-refractivity contribution in [2.45, 2.75) is 0 Å². The molecular weight excluding hydrogens is 487 g/mol. The first-order valence-corrected chi connectivity index (χ1v) is 13.8. The Balaban J connectivity index is 1.40. The van der Waals surface area contributed by atoms with Crippen molar-refractivity contribution in [3.05, 3.63) is 127 Å². The number of rotatable bonds is 1. The molecule has 4 heteroatoms. The van der Waals surface area contributed by atoms with E-state index in [9.17, 15) is 0 Å². The summed E-state index contributed by atoms with van der Waals surface area (Å²) in [6.45, 7) is 0.144. The minimum atomic E-state index is 0.144. The summed E-state index contributed by atoms with van der Waals surface area (Å²) in [5.41, 5.74) is 11.2. The quantitative estimate of drug-likeness (QED) is 0.223. The molecule has 8 aromatic rings. The summed E-state index contributed by atoms with van der Waals surface area (Å²) in [5, 5.41) is 5.10. The molecule has 0 atom stereocenters. The van der Waals surface area contributed by atoms with E-state index in [0.29, 0.717) is 0 Å². The van der Waals surface area contributed by atoms with E-state index >= 15 is 0 Å². The fourth-order valence-electron chi connectivity index (χ4n) is 7.41. The Morgan fingerprint density at radius 2 is 1.15 bits per heavy atom. The van der Waals surface area contributed by atoms with Crippen molar-refractivity contribution >= 4 is 66.7 Å². The average Bonchev–Trinajstić information content (AvgIpc) is 3.51. The predicted octanol–water partition coefficient (Wildman–Crippen LogP) is 6.82. The van der Waals surface area contributed by atoms with E-state index in [1.165, 1.54) is 71.4 Å². The molecule has 4 heterocycles. The normalized spacial score (nSPS) is 13.2. The van der Waals surface area contributed by atoms with Crippen LogP contribution in [0.4, 0.5) is 0 Å². The van der Waals surface area contributed by atoms with Gasteiger partial charge in [-0.05, 0) is 64.9 Å². The molecule has 0 saturated carbocycles. The smallest absolute Gasteiger partial charge is 0.256 e. The van der Waals surface area contributed by atoms with Crippen LogP contribution in [-0.4, -0.2) is 15.8 Å². The van der Waals surface area contributed by atoms with Gasteiger partial charge in [0.2, 0.25) is 0 Å². The third-order valence-electron chi connectivity index (χ3n) is 8.96. The number of benzene rings is 6. The highest BCUT2D eigenvalue weighted by Gasteiger charge is 2.40. The maximum atomic E-state index is 6.49. The van der Waals surface area contributed by atoms with Gasteiger partial charge in [0.25, 0.3) is 6.71 Å². The van der Waals surface area contributed by atoms with Gasteiger partial charge in [0, 0.05) is 38.4 Å². The van der Waals surface area contributed by atoms with E-state index in [2.05, 4.69) is 137 Å². The van der Waals surface area contributed by atoms with E-state index in [1.54, 1.807) is 0 Å². The Morgan fingerprint density at radius 1 is 0.475 bits per heavy atom. The zero-order valence-electron chi connectivity index (χ0n) is 21.5. The Labute approximate surface area is 230 Å². The van der Waals surface area contributed by atoms with Gasteiger partial charge in [-0.2, -0.15) is 0 Å². The Bertz CT molecular complexity index is 2360. The van der Waals surface area contributed by atoms with Crippen molar-refractivity contribution in [3.63, 3.8) is 0 Å². The summed E-state index contributed by atoms with van der Waals surface area (Å²) in [5.74, 6) is 1.90. The Kier molecular flexibility index (Phi) is 3.75. The molecule has 0 amide bonds. The number of hydrogen-bond donors (Lipinski definition) is 0. The van der Waals surface area contributed by atoms with Crippen LogP contribution in [0.3, 0.4) is 0 Å². The van der Waals surface area contributed by atoms with Gasteiger partial charge in [-0.15, -0.1) is 0 Å². The van der Waals surface area contributed by atoms with Crippen LogP contribution in [-0.2, 0) is 0 Å². The zero-order valence-corrected chi connectivity index (χ0v) is 21.5. The minimum absolute atomic E-state index is 0.144. The highest BCUT2D eigenvalue weighted by Crippen LogP contribution is 2.41. The van der Waals surface area contributed by atoms with E-state index in [1.807, 2.05) is 0 Å². The lowest BCUT2D eigenvalue weighted by molar-refractivity contribution is 0.487. The molecule has 2 aliphatic heterocycles. The molecule has 0 spiro atoms. The average molecular weight is 508 g/mol. The number of nitrogens with zero attached hydrogens (tertiary/aromatic N) is 2. The van der Waals surface area contributed by atoms with E-state index in [-0.39, 0.29) is 6.71 Å². The van der Waals surface area contributed by atoms with E-state index < -0.39 is 0 Å². The molecule has 0 aliphatic carbocycles. The molecule has 10 rings (SSSR count). The lowest BCUT2D eigenvalue weighted by Gasteiger charge is -2.33. The molecule has 40 heavy (non-hydrogen) atoms. The van der Waals surface area contributed by atoms with Gasteiger partial charge >= 0.3 is 0 Å². The number of aromatic nitrogens is 2. The van der Waals surface area contributed by atoms with Gasteiger partial charge in [-0.25, -0.2) is 0 Å². The van der Waals surface area contributed by atoms with Crippen LogP contribution < -0.4 is 21.1 Å². The molecule has 3 nitrogen and oxygen atoms in total. The number of fused-ring (bicyclic) bond motifs is 10. The molecular formula is C36H21BN2O. The molecule has 6 aromatic carbocycles. The third-order valence-corrected chi connectivity index (χ3v) is 8.96. The van der Waals surface area contributed by atoms with Crippen LogP contribution in [0.2, 0.25) is 0 Å². The van der Waals surface area contributed by atoms with Crippen LogP contribution in [0.25, 0.3) is 55.0 Å². The van der Waals surface area contributed by atoms with Gasteiger partial charge in [0.1, 0.15) is 11.5 Å². The van der Waals surface area contributed by atoms with Crippen molar-refractivity contribution in [1.82, 2.24) is 9.13 Å². The highest BCUT2D eigenvalue weighted by atomic mass is 16.5. The van der Waals surface area contributed by atoms with Crippen molar-refractivity contribution < 1.29 is 4.74 Å². The van der Waals surface area contributed by atoms with Crippen LogP contribution in [0, 0.1) is 0 Å². The second-order valence-electron chi connectivity index (χ2n) is 10.9. The summed E-state index contributed by atoms with van der Waals surface area (Å²) in [4.78, 5) is 0. The van der Waals surface area contributed by atoms with Gasteiger partial charge in [0.15, 0.2) is 0 Å². The second kappa shape index (κ2) is 7.25. The molecule has 184 valence electrons. The van der Waals surface area contributed by atoms with Crippen molar-refractivity contribution in [2.75, 3.05) is 0 Å². The molecule has 0 radical (unpaired) electrons. The molecule has 0 fully saturated rings. The summed E-state index contributed by atoms with van der Waals surface area (Å²) in [7, 11) is 0. The predicted molar refractivity (Wildman–Crippen MR) is 166 cm³/mol. The first-order chi connectivity index (χ1) is 19.9. The van der Waals surface area contributed by atoms with Gasteiger partial charge in [-0.1, -0.05) is 78.9 Å². The number of ether oxygens (including phenoxy) is 1. The van der Waals surface area contributed by atoms with E-state index in [4.69, 9.17) is 4.74 Å². The molecule has 0 saturated heterocycles. The lowest BCUT2D eigenvalue weighted by Crippen LogP contribution is -2.58. The molecule has 2 aliphatic rings. The highest BCUT2D eigenvalue weighted by molar-refractivity contribution is 6.99. The first kappa shape index (κ1) is 20.7. The zero-order chi connectivity index (χ0) is 25.9. The fourth-order valence-corrected chi connectivity index (χ4v) is 7.41. The maximum absolute atomic E-state index is 6.49.